The SMILES string of the molecule is C=P(C)(CC)CP(=C)(CP(=C)(CC)CC)C(C)(C)O[C@H]1C[C@@H](C)C(C)(C)[C@@H]1C. The zero-order valence-corrected chi connectivity index (χ0v) is 23.5. The summed E-state index contributed by atoms with van der Waals surface area (Å²) in [7, 11) is 0. The van der Waals surface area contributed by atoms with Crippen LogP contribution in [0.5, 0.6) is 0 Å². The van der Waals surface area contributed by atoms with Gasteiger partial charge in [0.05, 0.1) is 11.4 Å². The van der Waals surface area contributed by atoms with Crippen molar-refractivity contribution in [1.82, 2.24) is 0 Å². The minimum atomic E-state index is -1.60. The molecule has 28 heavy (non-hydrogen) atoms. The van der Waals surface area contributed by atoms with Crippen molar-refractivity contribution in [2.24, 2.45) is 17.3 Å². The molecule has 4 heteroatoms. The second-order valence-electron chi connectivity index (χ2n) is 11.2. The standard InChI is InChI=1S/C24H51OP3/c1-14-26(10,11)18-28(13,19-27(12,15-2)16-3)24(8,9)25-22-17-20(4)23(6,7)21(22)5/h20-22H,10,12-19H2,1-9,11H3/t20-,21-,22+,26?,28?/m1/s1. The second-order valence-corrected chi connectivity index (χ2v) is 24.6. The Balaban J connectivity index is 3.29. The molecular formula is C24H51OP3. The molecule has 1 aliphatic rings. The summed E-state index contributed by atoms with van der Waals surface area (Å²) in [6.45, 7) is 19.8. The number of hydrogen-bond donors (Lipinski definition) is 0. The van der Waals surface area contributed by atoms with Crippen LogP contribution in [-0.4, -0.2) is 67.3 Å². The van der Waals surface area contributed by atoms with Crippen LogP contribution in [0.25, 0.3) is 0 Å². The fraction of sp³-hybridized carbons (Fsp3) is 0.875. The van der Waals surface area contributed by atoms with Crippen molar-refractivity contribution in [3.63, 3.8) is 0 Å². The van der Waals surface area contributed by atoms with E-state index >= 15 is 0 Å². The third-order valence-corrected chi connectivity index (χ3v) is 24.5. The number of rotatable bonds is 10. The van der Waals surface area contributed by atoms with Crippen LogP contribution in [0.1, 0.15) is 68.7 Å². The van der Waals surface area contributed by atoms with Crippen LogP contribution in [0.4, 0.5) is 0 Å². The molecule has 0 aliphatic heterocycles. The quantitative estimate of drug-likeness (QED) is 0.310. The third kappa shape index (κ3) is 5.76. The van der Waals surface area contributed by atoms with E-state index < -0.39 is 20.7 Å². The van der Waals surface area contributed by atoms with Crippen molar-refractivity contribution >= 4 is 39.6 Å². The summed E-state index contributed by atoms with van der Waals surface area (Å²) in [5.74, 6) is 3.72. The van der Waals surface area contributed by atoms with Gasteiger partial charge in [-0.2, -0.15) is 0 Å². The van der Waals surface area contributed by atoms with Crippen LogP contribution >= 0.6 is 20.7 Å². The molecule has 1 nitrogen and oxygen atoms in total. The lowest BCUT2D eigenvalue weighted by Crippen LogP contribution is -2.36. The highest BCUT2D eigenvalue weighted by Gasteiger charge is 2.48. The monoisotopic (exact) mass is 448 g/mol. The maximum absolute atomic E-state index is 7.07. The molecule has 0 heterocycles. The first kappa shape index (κ1) is 26.9. The molecule has 2 unspecified atom stereocenters. The van der Waals surface area contributed by atoms with Crippen molar-refractivity contribution in [2.75, 3.05) is 37.0 Å². The Morgan fingerprint density at radius 1 is 0.964 bits per heavy atom. The van der Waals surface area contributed by atoms with Crippen molar-refractivity contribution in [3.8, 4) is 0 Å². The van der Waals surface area contributed by atoms with Crippen molar-refractivity contribution in [1.29, 1.82) is 0 Å². The Labute approximate surface area is 178 Å². The van der Waals surface area contributed by atoms with Crippen molar-refractivity contribution in [3.05, 3.63) is 0 Å². The van der Waals surface area contributed by atoms with E-state index in [9.17, 15) is 0 Å². The molecule has 0 radical (unpaired) electrons. The Hall–Kier alpha value is 0.860. The van der Waals surface area contributed by atoms with Crippen molar-refractivity contribution < 1.29 is 4.74 Å². The van der Waals surface area contributed by atoms with E-state index in [2.05, 4.69) is 75.3 Å². The fourth-order valence-corrected chi connectivity index (χ4v) is 21.5. The minimum Gasteiger partial charge on any atom is -0.368 e. The van der Waals surface area contributed by atoms with Crippen LogP contribution in [-0.2, 0) is 4.74 Å². The maximum Gasteiger partial charge on any atom is 0.0816 e. The zero-order chi connectivity index (χ0) is 22.2. The molecule has 0 aromatic heterocycles. The van der Waals surface area contributed by atoms with E-state index in [4.69, 9.17) is 17.3 Å². The van der Waals surface area contributed by atoms with Crippen LogP contribution in [0, 0.1) is 17.3 Å². The molecule has 1 saturated carbocycles. The van der Waals surface area contributed by atoms with Crippen LogP contribution in [0.2, 0.25) is 0 Å². The predicted molar refractivity (Wildman–Crippen MR) is 145 cm³/mol. The molecule has 0 spiro atoms. The summed E-state index contributed by atoms with van der Waals surface area (Å²) >= 11 is 0. The van der Waals surface area contributed by atoms with Gasteiger partial charge in [-0.05, 0) is 74.5 Å². The summed E-state index contributed by atoms with van der Waals surface area (Å²) in [5, 5.41) is -0.159. The zero-order valence-electron chi connectivity index (χ0n) is 20.8. The highest BCUT2D eigenvalue weighted by molar-refractivity contribution is 7.96. The average molecular weight is 449 g/mol. The highest BCUT2D eigenvalue weighted by atomic mass is 31.2. The average Bonchev–Trinajstić information content (AvgIpc) is 2.76. The van der Waals surface area contributed by atoms with E-state index in [1.54, 1.807) is 0 Å². The summed E-state index contributed by atoms with van der Waals surface area (Å²) in [6.07, 6.45) is 19.7. The van der Waals surface area contributed by atoms with Gasteiger partial charge in [0.25, 0.3) is 0 Å². The van der Waals surface area contributed by atoms with Gasteiger partial charge in [0, 0.05) is 0 Å². The molecule has 0 N–H and O–H groups in total. The second kappa shape index (κ2) is 9.15. The van der Waals surface area contributed by atoms with Gasteiger partial charge in [0.15, 0.2) is 0 Å². The van der Waals surface area contributed by atoms with Gasteiger partial charge in [0.2, 0.25) is 0 Å². The number of hydrogen-bond acceptors (Lipinski definition) is 1. The molecule has 0 saturated heterocycles. The molecular weight excluding hydrogens is 397 g/mol. The normalized spacial score (nSPS) is 30.0. The van der Waals surface area contributed by atoms with E-state index in [1.807, 2.05) is 0 Å². The van der Waals surface area contributed by atoms with Gasteiger partial charge >= 0.3 is 0 Å². The Morgan fingerprint density at radius 3 is 1.82 bits per heavy atom. The lowest BCUT2D eigenvalue weighted by molar-refractivity contribution is -0.0440. The fourth-order valence-electron chi connectivity index (χ4n) is 4.55. The molecule has 0 amide bonds. The summed E-state index contributed by atoms with van der Waals surface area (Å²) in [5.41, 5.74) is 0.343. The molecule has 5 atom stereocenters. The first-order valence-electron chi connectivity index (χ1n) is 11.3. The van der Waals surface area contributed by atoms with E-state index in [1.165, 1.54) is 36.7 Å². The van der Waals surface area contributed by atoms with Crippen molar-refractivity contribution in [2.45, 2.75) is 80.2 Å². The molecule has 0 aromatic rings. The first-order valence-corrected chi connectivity index (χ1v) is 18.9. The van der Waals surface area contributed by atoms with Gasteiger partial charge < -0.3 is 4.74 Å². The van der Waals surface area contributed by atoms with Gasteiger partial charge in [-0.1, -0.05) is 61.7 Å². The maximum atomic E-state index is 7.07. The Morgan fingerprint density at radius 2 is 1.46 bits per heavy atom. The first-order chi connectivity index (χ1) is 12.5. The predicted octanol–water partition coefficient (Wildman–Crippen LogP) is 7.76. The topological polar surface area (TPSA) is 9.23 Å². The molecule has 1 fully saturated rings. The third-order valence-electron chi connectivity index (χ3n) is 8.46. The molecule has 1 aliphatic carbocycles. The Bertz CT molecular complexity index is 665. The smallest absolute Gasteiger partial charge is 0.0816 e. The summed E-state index contributed by atoms with van der Waals surface area (Å²) < 4.78 is 7.07. The van der Waals surface area contributed by atoms with Crippen LogP contribution in [0.3, 0.4) is 0 Å². The molecule has 168 valence electrons. The van der Waals surface area contributed by atoms with Gasteiger partial charge in [-0.15, -0.1) is 26.4 Å². The van der Waals surface area contributed by atoms with E-state index in [0.717, 1.165) is 0 Å². The Kier molecular flexibility index (Phi) is 8.79. The van der Waals surface area contributed by atoms with Gasteiger partial charge in [0.1, 0.15) is 0 Å². The lowest BCUT2D eigenvalue weighted by Gasteiger charge is -2.47. The molecule has 1 rings (SSSR count). The molecule has 0 bridgehead atoms. The van der Waals surface area contributed by atoms with Gasteiger partial charge in [-0.25, -0.2) is 0 Å². The molecule has 0 aromatic carbocycles. The van der Waals surface area contributed by atoms with E-state index in [-0.39, 0.29) is 5.34 Å². The summed E-state index contributed by atoms with van der Waals surface area (Å²) in [6, 6.07) is 0. The van der Waals surface area contributed by atoms with E-state index in [0.29, 0.717) is 23.4 Å². The number of ether oxygens (including phenoxy) is 1. The lowest BCUT2D eigenvalue weighted by atomic mass is 9.77. The highest BCUT2D eigenvalue weighted by Crippen LogP contribution is 2.73. The minimum absolute atomic E-state index is 0.159. The van der Waals surface area contributed by atoms with Crippen LogP contribution < -0.4 is 0 Å². The van der Waals surface area contributed by atoms with Crippen LogP contribution in [0.15, 0.2) is 0 Å². The largest absolute Gasteiger partial charge is 0.368 e. The van der Waals surface area contributed by atoms with Gasteiger partial charge in [-0.3, -0.25) is 0 Å². The summed E-state index contributed by atoms with van der Waals surface area (Å²) in [4.78, 5) is 0.